The van der Waals surface area contributed by atoms with Gasteiger partial charge in [-0.3, -0.25) is 14.4 Å². The predicted octanol–water partition coefficient (Wildman–Crippen LogP) is 4.40. The standard InChI is InChI=1S/C29H37ClN2O5S/c1-5-13-31(24-18(3)11-10-12-20(24)30)27(35)25-29-19(4)17-21(38-29)22(28(36)37-16-6-2)23(29)26(34)32(25)14-8-7-9-15-33/h5-6,10-12,19,21-23,25,33H,1-2,7-9,13-17H2,3-4H3/t19?,21-,22+,23+,25?,29?/m1/s1. The maximum Gasteiger partial charge on any atom is 0.311 e. The minimum Gasteiger partial charge on any atom is -0.461 e. The highest BCUT2D eigenvalue weighted by Crippen LogP contribution is 2.69. The molecule has 38 heavy (non-hydrogen) atoms. The van der Waals surface area contributed by atoms with Gasteiger partial charge < -0.3 is 19.6 Å². The fourth-order valence-electron chi connectivity index (χ4n) is 6.65. The molecule has 3 saturated heterocycles. The van der Waals surface area contributed by atoms with Gasteiger partial charge in [0, 0.05) is 24.9 Å². The Kier molecular flexibility index (Phi) is 8.95. The van der Waals surface area contributed by atoms with Crippen LogP contribution in [0, 0.1) is 24.7 Å². The molecule has 3 fully saturated rings. The maximum atomic E-state index is 14.6. The van der Waals surface area contributed by atoms with E-state index >= 15 is 0 Å². The Hall–Kier alpha value is -2.29. The van der Waals surface area contributed by atoms with Gasteiger partial charge in [-0.2, -0.15) is 0 Å². The minimum absolute atomic E-state index is 0.0456. The third-order valence-corrected chi connectivity index (χ3v) is 10.6. The minimum atomic E-state index is -0.757. The number of anilines is 1. The summed E-state index contributed by atoms with van der Waals surface area (Å²) in [5, 5.41) is 9.62. The molecule has 7 nitrogen and oxygen atoms in total. The molecule has 0 radical (unpaired) electrons. The van der Waals surface area contributed by atoms with Crippen molar-refractivity contribution >= 4 is 46.8 Å². The van der Waals surface area contributed by atoms with Crippen LogP contribution in [0.5, 0.6) is 0 Å². The van der Waals surface area contributed by atoms with Gasteiger partial charge in [-0.05, 0) is 50.2 Å². The van der Waals surface area contributed by atoms with E-state index in [0.717, 1.165) is 18.4 Å². The third kappa shape index (κ3) is 4.69. The van der Waals surface area contributed by atoms with Crippen LogP contribution in [0.25, 0.3) is 0 Å². The number of likely N-dealkylation sites (tertiary alicyclic amines) is 1. The van der Waals surface area contributed by atoms with Crippen LogP contribution in [0.2, 0.25) is 5.02 Å². The molecule has 3 aliphatic heterocycles. The number of aliphatic hydroxyl groups is 1. The summed E-state index contributed by atoms with van der Waals surface area (Å²) in [4.78, 5) is 45.4. The van der Waals surface area contributed by atoms with Crippen LogP contribution in [0.4, 0.5) is 5.69 Å². The lowest BCUT2D eigenvalue weighted by Crippen LogP contribution is -2.57. The van der Waals surface area contributed by atoms with E-state index in [1.165, 1.54) is 6.08 Å². The topological polar surface area (TPSA) is 87.1 Å². The second-order valence-electron chi connectivity index (χ2n) is 10.4. The molecule has 4 rings (SSSR count). The van der Waals surface area contributed by atoms with Crippen molar-refractivity contribution in [3.63, 3.8) is 0 Å². The van der Waals surface area contributed by atoms with E-state index in [4.69, 9.17) is 16.3 Å². The van der Waals surface area contributed by atoms with Crippen molar-refractivity contribution in [3.8, 4) is 0 Å². The Bertz CT molecular complexity index is 1090. The zero-order chi connectivity index (χ0) is 27.6. The van der Waals surface area contributed by atoms with Crippen LogP contribution in [-0.2, 0) is 19.1 Å². The number of hydrogen-bond acceptors (Lipinski definition) is 6. The zero-order valence-electron chi connectivity index (χ0n) is 22.1. The largest absolute Gasteiger partial charge is 0.461 e. The summed E-state index contributed by atoms with van der Waals surface area (Å²) >= 11 is 8.24. The molecule has 1 N–H and O–H groups in total. The average molecular weight is 561 g/mol. The van der Waals surface area contributed by atoms with Crippen LogP contribution in [0.3, 0.4) is 0 Å². The van der Waals surface area contributed by atoms with Crippen molar-refractivity contribution in [2.45, 2.75) is 55.6 Å². The van der Waals surface area contributed by atoms with Crippen LogP contribution in [0.15, 0.2) is 43.5 Å². The molecular weight excluding hydrogens is 524 g/mol. The molecule has 0 saturated carbocycles. The number of para-hydroxylation sites is 1. The van der Waals surface area contributed by atoms with E-state index in [1.54, 1.807) is 33.7 Å². The maximum absolute atomic E-state index is 14.6. The Morgan fingerprint density at radius 1 is 1.29 bits per heavy atom. The van der Waals surface area contributed by atoms with Crippen molar-refractivity contribution in [2.24, 2.45) is 17.8 Å². The number of amides is 2. The second-order valence-corrected chi connectivity index (χ2v) is 12.4. The average Bonchev–Trinajstić information content (AvgIpc) is 3.48. The van der Waals surface area contributed by atoms with Gasteiger partial charge in [0.1, 0.15) is 12.6 Å². The first kappa shape index (κ1) is 28.7. The lowest BCUT2D eigenvalue weighted by Gasteiger charge is -2.40. The number of thioether (sulfide) groups is 1. The lowest BCUT2D eigenvalue weighted by molar-refractivity contribution is -0.153. The predicted molar refractivity (Wildman–Crippen MR) is 151 cm³/mol. The molecule has 206 valence electrons. The number of hydrogen-bond donors (Lipinski definition) is 1. The number of carbonyl (C=O) groups is 3. The van der Waals surface area contributed by atoms with Crippen LogP contribution in [-0.4, -0.2) is 70.1 Å². The number of ether oxygens (including phenoxy) is 1. The van der Waals surface area contributed by atoms with Crippen LogP contribution < -0.4 is 4.90 Å². The highest BCUT2D eigenvalue weighted by molar-refractivity contribution is 8.02. The summed E-state index contributed by atoms with van der Waals surface area (Å²) in [6.07, 6.45) is 5.92. The first-order valence-electron chi connectivity index (χ1n) is 13.3. The quantitative estimate of drug-likeness (QED) is 0.232. The number of carbonyl (C=O) groups excluding carboxylic acids is 3. The fraction of sp³-hybridized carbons (Fsp3) is 0.552. The van der Waals surface area contributed by atoms with E-state index < -0.39 is 28.6 Å². The summed E-state index contributed by atoms with van der Waals surface area (Å²) in [6, 6.07) is 4.74. The van der Waals surface area contributed by atoms with Gasteiger partial charge in [0.05, 0.1) is 27.3 Å². The van der Waals surface area contributed by atoms with Gasteiger partial charge >= 0.3 is 5.97 Å². The number of unbranched alkanes of at least 4 members (excludes halogenated alkanes) is 2. The van der Waals surface area contributed by atoms with E-state index in [9.17, 15) is 19.5 Å². The van der Waals surface area contributed by atoms with Crippen molar-refractivity contribution in [1.82, 2.24) is 4.90 Å². The lowest BCUT2D eigenvalue weighted by atomic mass is 9.66. The molecule has 0 aromatic heterocycles. The Labute approximate surface area is 234 Å². The number of fused-ring (bicyclic) bond motifs is 1. The number of rotatable bonds is 12. The molecule has 1 spiro atoms. The van der Waals surface area contributed by atoms with Gasteiger partial charge in [-0.15, -0.1) is 18.3 Å². The number of esters is 1. The number of benzene rings is 1. The van der Waals surface area contributed by atoms with E-state index in [2.05, 4.69) is 20.1 Å². The molecule has 3 aliphatic rings. The van der Waals surface area contributed by atoms with Crippen molar-refractivity contribution in [2.75, 3.05) is 31.2 Å². The van der Waals surface area contributed by atoms with Gasteiger partial charge in [0.25, 0.3) is 5.91 Å². The molecule has 3 heterocycles. The molecule has 2 amide bonds. The van der Waals surface area contributed by atoms with Gasteiger partial charge in [0.2, 0.25) is 5.91 Å². The monoisotopic (exact) mass is 560 g/mol. The van der Waals surface area contributed by atoms with E-state index in [0.29, 0.717) is 30.1 Å². The Morgan fingerprint density at radius 2 is 2.05 bits per heavy atom. The van der Waals surface area contributed by atoms with Gasteiger partial charge in [-0.25, -0.2) is 0 Å². The molecule has 2 bridgehead atoms. The molecule has 1 aromatic carbocycles. The summed E-state index contributed by atoms with van der Waals surface area (Å²) in [5.74, 6) is -1.96. The molecule has 6 atom stereocenters. The van der Waals surface area contributed by atoms with E-state index in [1.807, 2.05) is 19.1 Å². The number of aliphatic hydroxyl groups excluding tert-OH is 1. The normalized spacial score (nSPS) is 29.3. The summed E-state index contributed by atoms with van der Waals surface area (Å²) < 4.78 is 4.70. The number of aryl methyl sites for hydroxylation is 1. The second kappa shape index (κ2) is 11.8. The van der Waals surface area contributed by atoms with E-state index in [-0.39, 0.29) is 42.7 Å². The summed E-state index contributed by atoms with van der Waals surface area (Å²) in [6.45, 7) is 12.3. The van der Waals surface area contributed by atoms with Gasteiger partial charge in [-0.1, -0.05) is 49.4 Å². The summed E-state index contributed by atoms with van der Waals surface area (Å²) in [5.41, 5.74) is 1.46. The van der Waals surface area contributed by atoms with Gasteiger partial charge in [0.15, 0.2) is 0 Å². The van der Waals surface area contributed by atoms with Crippen molar-refractivity contribution < 1.29 is 24.2 Å². The third-order valence-electron chi connectivity index (χ3n) is 8.19. The Morgan fingerprint density at radius 3 is 2.71 bits per heavy atom. The summed E-state index contributed by atoms with van der Waals surface area (Å²) in [7, 11) is 0. The first-order valence-corrected chi connectivity index (χ1v) is 14.5. The van der Waals surface area contributed by atoms with Crippen molar-refractivity contribution in [1.29, 1.82) is 0 Å². The molecule has 0 aliphatic carbocycles. The Balaban J connectivity index is 1.79. The molecule has 9 heteroatoms. The fourth-order valence-corrected chi connectivity index (χ4v) is 9.38. The SMILES string of the molecule is C=CCOC(=O)[C@@H]1[C@H]2C(=O)N(CCCCCO)C(C(=O)N(CC=C)c3c(C)cccc3Cl)C23S[C@@H]1CC3C. The zero-order valence-corrected chi connectivity index (χ0v) is 23.7. The first-order chi connectivity index (χ1) is 18.2. The molecule has 1 aromatic rings. The molecule has 3 unspecified atom stereocenters. The highest BCUT2D eigenvalue weighted by atomic mass is 35.5. The number of halogens is 1. The van der Waals surface area contributed by atoms with Crippen molar-refractivity contribution in [3.05, 3.63) is 54.1 Å². The smallest absolute Gasteiger partial charge is 0.311 e. The number of nitrogens with zero attached hydrogens (tertiary/aromatic N) is 2. The highest BCUT2D eigenvalue weighted by Gasteiger charge is 2.76. The van der Waals surface area contributed by atoms with Crippen LogP contribution >= 0.6 is 23.4 Å². The van der Waals surface area contributed by atoms with Crippen LogP contribution in [0.1, 0.15) is 38.2 Å². The molecular formula is C29H37ClN2O5S.